The molecule has 0 fully saturated rings. The van der Waals surface area contributed by atoms with Crippen LogP contribution in [-0.4, -0.2) is 32.3 Å². The molecule has 0 aliphatic heterocycles. The molecule has 7 heteroatoms. The second-order valence-corrected chi connectivity index (χ2v) is 3.90. The zero-order valence-electron chi connectivity index (χ0n) is 10.5. The molecule has 0 bridgehead atoms. The molecule has 1 N–H and O–H groups in total. The Labute approximate surface area is 113 Å². The van der Waals surface area contributed by atoms with Crippen LogP contribution in [0.25, 0.3) is 23.0 Å². The van der Waals surface area contributed by atoms with Gasteiger partial charge in [0.1, 0.15) is 23.5 Å². The number of aromatic nitrogens is 4. The number of phenolic OH excluding ortho intramolecular Hbond substituents is 1. The van der Waals surface area contributed by atoms with Crippen LogP contribution in [0.3, 0.4) is 0 Å². The van der Waals surface area contributed by atoms with Crippen LogP contribution in [0, 0.1) is 0 Å². The highest BCUT2D eigenvalue weighted by Crippen LogP contribution is 2.32. The summed E-state index contributed by atoms with van der Waals surface area (Å²) in [4.78, 5) is 12.1. The van der Waals surface area contributed by atoms with E-state index in [-0.39, 0.29) is 11.6 Å². The molecular formula is C13H10N4O3. The molecule has 0 amide bonds. The first kappa shape index (κ1) is 12.1. The molecule has 0 unspecified atom stereocenters. The van der Waals surface area contributed by atoms with Gasteiger partial charge in [0.25, 0.3) is 5.89 Å². The highest BCUT2D eigenvalue weighted by atomic mass is 16.5. The first-order valence-corrected chi connectivity index (χ1v) is 5.75. The van der Waals surface area contributed by atoms with Gasteiger partial charge in [-0.1, -0.05) is 5.16 Å². The predicted octanol–water partition coefficient (Wildman–Crippen LogP) is 1.91. The minimum absolute atomic E-state index is 0.0312. The van der Waals surface area contributed by atoms with Gasteiger partial charge < -0.3 is 14.4 Å². The Morgan fingerprint density at radius 2 is 2.15 bits per heavy atom. The Bertz CT molecular complexity index is 727. The van der Waals surface area contributed by atoms with Gasteiger partial charge in [-0.2, -0.15) is 4.98 Å². The fourth-order valence-electron chi connectivity index (χ4n) is 1.67. The lowest BCUT2D eigenvalue weighted by atomic mass is 10.2. The van der Waals surface area contributed by atoms with Gasteiger partial charge in [0.2, 0.25) is 5.82 Å². The second kappa shape index (κ2) is 4.96. The Balaban J connectivity index is 2.02. The smallest absolute Gasteiger partial charge is 0.262 e. The summed E-state index contributed by atoms with van der Waals surface area (Å²) in [7, 11) is 1.54. The first-order valence-electron chi connectivity index (χ1n) is 5.75. The van der Waals surface area contributed by atoms with Crippen LogP contribution < -0.4 is 4.74 Å². The second-order valence-electron chi connectivity index (χ2n) is 3.90. The van der Waals surface area contributed by atoms with Gasteiger partial charge in [0.15, 0.2) is 0 Å². The Kier molecular flexibility index (Phi) is 3.00. The van der Waals surface area contributed by atoms with Gasteiger partial charge >= 0.3 is 0 Å². The van der Waals surface area contributed by atoms with E-state index in [1.807, 2.05) is 0 Å². The zero-order chi connectivity index (χ0) is 13.9. The van der Waals surface area contributed by atoms with Crippen molar-refractivity contribution in [2.45, 2.75) is 0 Å². The largest absolute Gasteiger partial charge is 0.507 e. The van der Waals surface area contributed by atoms with E-state index in [0.717, 1.165) is 0 Å². The molecule has 0 aliphatic carbocycles. The van der Waals surface area contributed by atoms with Gasteiger partial charge in [-0.15, -0.1) is 0 Å². The van der Waals surface area contributed by atoms with E-state index in [4.69, 9.17) is 9.26 Å². The predicted molar refractivity (Wildman–Crippen MR) is 69.0 cm³/mol. The van der Waals surface area contributed by atoms with Crippen LogP contribution >= 0.6 is 0 Å². The van der Waals surface area contributed by atoms with Crippen LogP contribution in [0.5, 0.6) is 11.5 Å². The molecule has 0 saturated carbocycles. The van der Waals surface area contributed by atoms with Gasteiger partial charge in [0, 0.05) is 6.20 Å². The van der Waals surface area contributed by atoms with Crippen LogP contribution in [0.4, 0.5) is 0 Å². The van der Waals surface area contributed by atoms with E-state index in [1.165, 1.54) is 19.5 Å². The molecule has 7 nitrogen and oxygen atoms in total. The lowest BCUT2D eigenvalue weighted by Crippen LogP contribution is -1.87. The minimum Gasteiger partial charge on any atom is -0.507 e. The third-order valence-electron chi connectivity index (χ3n) is 2.67. The summed E-state index contributed by atoms with van der Waals surface area (Å²) in [6.07, 6.45) is 2.98. The van der Waals surface area contributed by atoms with Crippen molar-refractivity contribution < 1.29 is 14.4 Å². The summed E-state index contributed by atoms with van der Waals surface area (Å²) >= 11 is 0. The number of hydrogen-bond donors (Lipinski definition) is 1. The standard InChI is InChI=1S/C13H10N4O3/c1-19-8-2-3-11(18)9(6-8)13-16-12(17-20-13)10-4-5-14-7-15-10/h2-7,18H,1H3. The average molecular weight is 270 g/mol. The molecule has 3 rings (SSSR count). The van der Waals surface area contributed by atoms with Crippen LogP contribution in [0.15, 0.2) is 41.3 Å². The van der Waals surface area contributed by atoms with E-state index in [2.05, 4.69) is 20.1 Å². The highest BCUT2D eigenvalue weighted by molar-refractivity contribution is 5.65. The Morgan fingerprint density at radius 3 is 2.90 bits per heavy atom. The van der Waals surface area contributed by atoms with Crippen molar-refractivity contribution in [1.29, 1.82) is 0 Å². The summed E-state index contributed by atoms with van der Waals surface area (Å²) in [5, 5.41) is 13.7. The maximum atomic E-state index is 9.85. The fraction of sp³-hybridized carbons (Fsp3) is 0.0769. The van der Waals surface area contributed by atoms with Crippen LogP contribution in [0.1, 0.15) is 0 Å². The fourth-order valence-corrected chi connectivity index (χ4v) is 1.67. The van der Waals surface area contributed by atoms with E-state index in [1.54, 1.807) is 24.4 Å². The van der Waals surface area contributed by atoms with E-state index in [9.17, 15) is 5.11 Å². The molecule has 0 saturated heterocycles. The molecular weight excluding hydrogens is 260 g/mol. The summed E-state index contributed by atoms with van der Waals surface area (Å²) in [6, 6.07) is 6.43. The van der Waals surface area contributed by atoms with Crippen molar-refractivity contribution in [2.75, 3.05) is 7.11 Å². The van der Waals surface area contributed by atoms with Gasteiger partial charge in [0.05, 0.1) is 12.7 Å². The van der Waals surface area contributed by atoms with Crippen molar-refractivity contribution in [1.82, 2.24) is 20.1 Å². The Morgan fingerprint density at radius 1 is 1.25 bits per heavy atom. The normalized spacial score (nSPS) is 10.4. The molecule has 0 atom stereocenters. The molecule has 0 radical (unpaired) electrons. The number of methoxy groups -OCH3 is 1. The van der Waals surface area contributed by atoms with Crippen molar-refractivity contribution in [2.24, 2.45) is 0 Å². The molecule has 1 aromatic carbocycles. The summed E-state index contributed by atoms with van der Waals surface area (Å²) in [5.41, 5.74) is 0.939. The molecule has 100 valence electrons. The number of ether oxygens (including phenoxy) is 1. The number of nitrogens with zero attached hydrogens (tertiary/aromatic N) is 4. The molecule has 0 aliphatic rings. The summed E-state index contributed by atoms with van der Waals surface area (Å²) < 4.78 is 10.2. The van der Waals surface area contributed by atoms with Crippen molar-refractivity contribution in [3.63, 3.8) is 0 Å². The van der Waals surface area contributed by atoms with Gasteiger partial charge in [-0.3, -0.25) is 0 Å². The zero-order valence-corrected chi connectivity index (χ0v) is 10.5. The third kappa shape index (κ3) is 2.16. The van der Waals surface area contributed by atoms with Crippen LogP contribution in [0.2, 0.25) is 0 Å². The van der Waals surface area contributed by atoms with E-state index in [0.29, 0.717) is 22.8 Å². The minimum atomic E-state index is 0.0312. The maximum Gasteiger partial charge on any atom is 0.262 e. The molecule has 20 heavy (non-hydrogen) atoms. The molecule has 2 heterocycles. The van der Waals surface area contributed by atoms with Crippen molar-refractivity contribution >= 4 is 0 Å². The van der Waals surface area contributed by atoms with Gasteiger partial charge in [-0.25, -0.2) is 9.97 Å². The lowest BCUT2D eigenvalue weighted by molar-refractivity contribution is 0.408. The number of benzene rings is 1. The average Bonchev–Trinajstić information content (AvgIpc) is 2.98. The first-order chi connectivity index (χ1) is 9.78. The molecule has 2 aromatic heterocycles. The number of phenols is 1. The van der Waals surface area contributed by atoms with Gasteiger partial charge in [-0.05, 0) is 24.3 Å². The number of aromatic hydroxyl groups is 1. The molecule has 0 spiro atoms. The van der Waals surface area contributed by atoms with Crippen molar-refractivity contribution in [3.05, 3.63) is 36.8 Å². The quantitative estimate of drug-likeness (QED) is 0.776. The topological polar surface area (TPSA) is 94.2 Å². The Hall–Kier alpha value is -2.96. The number of hydrogen-bond acceptors (Lipinski definition) is 7. The highest BCUT2D eigenvalue weighted by Gasteiger charge is 2.15. The van der Waals surface area contributed by atoms with E-state index < -0.39 is 0 Å². The van der Waals surface area contributed by atoms with Crippen molar-refractivity contribution in [3.8, 4) is 34.5 Å². The monoisotopic (exact) mass is 270 g/mol. The molecule has 3 aromatic rings. The van der Waals surface area contributed by atoms with Crippen LogP contribution in [-0.2, 0) is 0 Å². The summed E-state index contributed by atoms with van der Waals surface area (Å²) in [6.45, 7) is 0. The SMILES string of the molecule is COc1ccc(O)c(-c2nc(-c3ccncn3)no2)c1. The van der Waals surface area contributed by atoms with E-state index >= 15 is 0 Å². The summed E-state index contributed by atoms with van der Waals surface area (Å²) in [5.74, 6) is 1.13. The number of rotatable bonds is 3. The lowest BCUT2D eigenvalue weighted by Gasteiger charge is -2.02. The maximum absolute atomic E-state index is 9.85. The third-order valence-corrected chi connectivity index (χ3v) is 2.67.